The van der Waals surface area contributed by atoms with E-state index in [1.54, 1.807) is 0 Å². The van der Waals surface area contributed by atoms with Gasteiger partial charge in [-0.2, -0.15) is 0 Å². The van der Waals surface area contributed by atoms with Crippen molar-refractivity contribution < 1.29 is 8.78 Å². The molecule has 0 amide bonds. The highest BCUT2D eigenvalue weighted by molar-refractivity contribution is 5.28. The predicted octanol–water partition coefficient (Wildman–Crippen LogP) is 3.24. The van der Waals surface area contributed by atoms with Gasteiger partial charge in [-0.1, -0.05) is 0 Å². The molecule has 4 aliphatic heterocycles. The Morgan fingerprint density at radius 2 is 1.64 bits per heavy atom. The first-order valence-electron chi connectivity index (χ1n) is 8.50. The maximum atomic E-state index is 13.7. The van der Waals surface area contributed by atoms with E-state index in [9.17, 15) is 8.78 Å². The molecule has 0 aliphatic carbocycles. The van der Waals surface area contributed by atoms with Crippen LogP contribution in [0.25, 0.3) is 0 Å². The molecule has 1 aromatic carbocycles. The number of hydrogen-bond donors (Lipinski definition) is 0. The van der Waals surface area contributed by atoms with E-state index in [2.05, 4.69) is 23.6 Å². The van der Waals surface area contributed by atoms with Crippen LogP contribution in [0, 0.1) is 17.6 Å². The molecule has 2 nitrogen and oxygen atoms in total. The van der Waals surface area contributed by atoms with Crippen LogP contribution in [0.1, 0.15) is 38.2 Å². The van der Waals surface area contributed by atoms with Crippen LogP contribution in [-0.4, -0.2) is 47.6 Å². The lowest BCUT2D eigenvalue weighted by Gasteiger charge is -2.52. The molecule has 4 aliphatic rings. The minimum Gasteiger partial charge on any atom is -0.298 e. The number of fused-ring (bicyclic) bond motifs is 2. The molecule has 22 heavy (non-hydrogen) atoms. The topological polar surface area (TPSA) is 6.48 Å². The zero-order valence-electron chi connectivity index (χ0n) is 13.3. The molecule has 2 bridgehead atoms. The summed E-state index contributed by atoms with van der Waals surface area (Å²) in [6.45, 7) is 7.69. The van der Waals surface area contributed by atoms with Crippen molar-refractivity contribution in [3.63, 3.8) is 0 Å². The van der Waals surface area contributed by atoms with Gasteiger partial charge < -0.3 is 0 Å². The average molecular weight is 306 g/mol. The molecule has 0 N–H and O–H groups in total. The maximum absolute atomic E-state index is 13.7. The minimum atomic E-state index is -0.453. The highest BCUT2D eigenvalue weighted by Gasteiger charge is 2.53. The summed E-state index contributed by atoms with van der Waals surface area (Å²) in [5, 5.41) is 0. The average Bonchev–Trinajstić information content (AvgIpc) is 2.90. The van der Waals surface area contributed by atoms with Crippen LogP contribution < -0.4 is 0 Å². The summed E-state index contributed by atoms with van der Waals surface area (Å²) in [5.74, 6) is 0.0672. The summed E-state index contributed by atoms with van der Waals surface area (Å²) in [7, 11) is 0. The van der Waals surface area contributed by atoms with E-state index in [1.165, 1.54) is 25.0 Å². The van der Waals surface area contributed by atoms with E-state index >= 15 is 0 Å². The normalized spacial score (nSPS) is 37.8. The maximum Gasteiger partial charge on any atom is 0.126 e. The van der Waals surface area contributed by atoms with Crippen LogP contribution in [0.15, 0.2) is 18.2 Å². The smallest absolute Gasteiger partial charge is 0.126 e. The molecule has 0 unspecified atom stereocenters. The van der Waals surface area contributed by atoms with E-state index in [-0.39, 0.29) is 5.92 Å². The Labute approximate surface area is 131 Å². The van der Waals surface area contributed by atoms with Crippen molar-refractivity contribution in [1.29, 1.82) is 0 Å². The first-order valence-corrected chi connectivity index (χ1v) is 8.50. The fourth-order valence-corrected chi connectivity index (χ4v) is 5.12. The Hall–Kier alpha value is -1.00. The Bertz CT molecular complexity index is 546. The second kappa shape index (κ2) is 5.27. The summed E-state index contributed by atoms with van der Waals surface area (Å²) in [6.07, 6.45) is 2.54. The van der Waals surface area contributed by atoms with E-state index < -0.39 is 11.6 Å². The molecule has 0 spiro atoms. The van der Waals surface area contributed by atoms with E-state index in [4.69, 9.17) is 0 Å². The Balaban J connectivity index is 1.73. The number of benzene rings is 1. The third kappa shape index (κ3) is 2.19. The van der Waals surface area contributed by atoms with Crippen LogP contribution in [0.4, 0.5) is 8.78 Å². The molecular weight excluding hydrogens is 282 g/mol. The minimum absolute atomic E-state index is 0.223. The number of halogens is 2. The van der Waals surface area contributed by atoms with Crippen LogP contribution in [0.3, 0.4) is 0 Å². The van der Waals surface area contributed by atoms with Crippen LogP contribution in [0.2, 0.25) is 0 Å². The summed E-state index contributed by atoms with van der Waals surface area (Å²) >= 11 is 0. The lowest BCUT2D eigenvalue weighted by atomic mass is 9.75. The first kappa shape index (κ1) is 14.6. The Morgan fingerprint density at radius 3 is 2.23 bits per heavy atom. The van der Waals surface area contributed by atoms with Gasteiger partial charge in [0, 0.05) is 36.7 Å². The second-order valence-electron chi connectivity index (χ2n) is 7.45. The fraction of sp³-hybridized carbons (Fsp3) is 0.667. The number of piperidine rings is 3. The summed E-state index contributed by atoms with van der Waals surface area (Å²) in [4.78, 5) is 5.15. The van der Waals surface area contributed by atoms with Crippen molar-refractivity contribution in [1.82, 2.24) is 9.80 Å². The molecule has 5 rings (SSSR count). The lowest BCUT2D eigenvalue weighted by Crippen LogP contribution is -2.60. The largest absolute Gasteiger partial charge is 0.298 e. The number of rotatable bonds is 2. The standard InChI is InChI=1S/C18H24F2N2/c1-11(2)22-10-16(13-7-14(19)9-15(20)8-13)18-17(22)12-3-5-21(18)6-4-12/h7-9,11-12,16-18H,3-6,10H2,1-2H3/t16-,17+,18+/m1/s1. The van der Waals surface area contributed by atoms with Gasteiger partial charge in [0.05, 0.1) is 0 Å². The second-order valence-corrected chi connectivity index (χ2v) is 7.45. The number of nitrogens with zero attached hydrogens (tertiary/aromatic N) is 2. The molecule has 4 saturated heterocycles. The fourth-order valence-electron chi connectivity index (χ4n) is 5.12. The molecule has 4 heteroatoms. The monoisotopic (exact) mass is 306 g/mol. The van der Waals surface area contributed by atoms with E-state index in [0.29, 0.717) is 18.1 Å². The summed E-state index contributed by atoms with van der Waals surface area (Å²) in [6, 6.07) is 5.52. The Morgan fingerprint density at radius 1 is 1.00 bits per heavy atom. The number of hydrogen-bond acceptors (Lipinski definition) is 2. The van der Waals surface area contributed by atoms with Gasteiger partial charge in [0.1, 0.15) is 11.6 Å². The van der Waals surface area contributed by atoms with Gasteiger partial charge in [-0.05, 0) is 63.4 Å². The van der Waals surface area contributed by atoms with Gasteiger partial charge in [-0.15, -0.1) is 0 Å². The third-order valence-electron chi connectivity index (χ3n) is 6.01. The Kier molecular flexibility index (Phi) is 3.50. The van der Waals surface area contributed by atoms with E-state index in [0.717, 1.165) is 37.2 Å². The first-order chi connectivity index (χ1) is 10.5. The van der Waals surface area contributed by atoms with Crippen molar-refractivity contribution >= 4 is 0 Å². The molecule has 0 saturated carbocycles. The molecule has 1 aromatic rings. The van der Waals surface area contributed by atoms with Crippen LogP contribution >= 0.6 is 0 Å². The van der Waals surface area contributed by atoms with Gasteiger partial charge in [0.25, 0.3) is 0 Å². The molecule has 4 heterocycles. The zero-order chi connectivity index (χ0) is 15.4. The van der Waals surface area contributed by atoms with Crippen LogP contribution in [0.5, 0.6) is 0 Å². The van der Waals surface area contributed by atoms with Crippen molar-refractivity contribution in [3.8, 4) is 0 Å². The van der Waals surface area contributed by atoms with E-state index in [1.807, 2.05) is 0 Å². The lowest BCUT2D eigenvalue weighted by molar-refractivity contribution is -0.0145. The van der Waals surface area contributed by atoms with Gasteiger partial charge in [0.2, 0.25) is 0 Å². The van der Waals surface area contributed by atoms with Gasteiger partial charge in [0.15, 0.2) is 0 Å². The summed E-state index contributed by atoms with van der Waals surface area (Å²) in [5.41, 5.74) is 0.836. The third-order valence-corrected chi connectivity index (χ3v) is 6.01. The van der Waals surface area contributed by atoms with Crippen molar-refractivity contribution in [2.75, 3.05) is 19.6 Å². The molecule has 120 valence electrons. The molecule has 3 atom stereocenters. The highest BCUT2D eigenvalue weighted by atomic mass is 19.1. The van der Waals surface area contributed by atoms with Crippen molar-refractivity contribution in [2.24, 2.45) is 5.92 Å². The van der Waals surface area contributed by atoms with Crippen LogP contribution in [-0.2, 0) is 0 Å². The van der Waals surface area contributed by atoms with Gasteiger partial charge >= 0.3 is 0 Å². The molecule has 0 radical (unpaired) electrons. The molecule has 0 aromatic heterocycles. The number of likely N-dealkylation sites (tertiary alicyclic amines) is 1. The SMILES string of the molecule is CC(C)N1C[C@H](c2cc(F)cc(F)c2)[C@H]2[C@@H]1C1CCN2CC1. The van der Waals surface area contributed by atoms with Gasteiger partial charge in [-0.3, -0.25) is 9.80 Å². The van der Waals surface area contributed by atoms with Crippen molar-refractivity contribution in [2.45, 2.75) is 50.7 Å². The van der Waals surface area contributed by atoms with Crippen molar-refractivity contribution in [3.05, 3.63) is 35.4 Å². The predicted molar refractivity (Wildman–Crippen MR) is 82.8 cm³/mol. The van der Waals surface area contributed by atoms with Gasteiger partial charge in [-0.25, -0.2) is 8.78 Å². The quantitative estimate of drug-likeness (QED) is 0.828. The zero-order valence-corrected chi connectivity index (χ0v) is 13.3. The highest BCUT2D eigenvalue weighted by Crippen LogP contribution is 2.47. The summed E-state index contributed by atoms with van der Waals surface area (Å²) < 4.78 is 27.4. The molecule has 4 fully saturated rings. The molecular formula is C18H24F2N2.